The number of hydrogen-bond acceptors (Lipinski definition) is 3. The fourth-order valence-electron chi connectivity index (χ4n) is 2.30. The SMILES string of the molecule is CCCCn1cnc2scc(-c3ccc(Cl)cc3)c2c1=O. The van der Waals surface area contributed by atoms with Crippen LogP contribution in [0.1, 0.15) is 19.8 Å². The van der Waals surface area contributed by atoms with Gasteiger partial charge in [0.05, 0.1) is 11.7 Å². The first kappa shape index (κ1) is 14.3. The van der Waals surface area contributed by atoms with E-state index in [1.807, 2.05) is 29.6 Å². The summed E-state index contributed by atoms with van der Waals surface area (Å²) in [7, 11) is 0. The molecule has 5 heteroatoms. The van der Waals surface area contributed by atoms with Crippen molar-refractivity contribution < 1.29 is 0 Å². The fraction of sp³-hybridized carbons (Fsp3) is 0.250. The van der Waals surface area contributed by atoms with Crippen molar-refractivity contribution in [1.29, 1.82) is 0 Å². The van der Waals surface area contributed by atoms with Gasteiger partial charge in [0.25, 0.3) is 5.56 Å². The minimum Gasteiger partial charge on any atom is -0.299 e. The second kappa shape index (κ2) is 6.00. The molecule has 2 heterocycles. The first-order valence-electron chi connectivity index (χ1n) is 6.93. The quantitative estimate of drug-likeness (QED) is 0.705. The number of aryl methyl sites for hydroxylation is 1. The molecule has 0 aliphatic carbocycles. The normalized spacial score (nSPS) is 11.1. The van der Waals surface area contributed by atoms with Crippen molar-refractivity contribution >= 4 is 33.2 Å². The maximum Gasteiger partial charge on any atom is 0.262 e. The molecule has 0 radical (unpaired) electrons. The van der Waals surface area contributed by atoms with E-state index >= 15 is 0 Å². The number of halogens is 1. The lowest BCUT2D eigenvalue weighted by Gasteiger charge is -2.05. The van der Waals surface area contributed by atoms with E-state index < -0.39 is 0 Å². The monoisotopic (exact) mass is 318 g/mol. The highest BCUT2D eigenvalue weighted by Gasteiger charge is 2.13. The fourth-order valence-corrected chi connectivity index (χ4v) is 3.33. The second-order valence-corrected chi connectivity index (χ2v) is 6.23. The Hall–Kier alpha value is -1.65. The van der Waals surface area contributed by atoms with Crippen molar-refractivity contribution in [2.75, 3.05) is 0 Å². The van der Waals surface area contributed by atoms with Gasteiger partial charge in [-0.15, -0.1) is 11.3 Å². The Kier molecular flexibility index (Phi) is 4.08. The Morgan fingerprint density at radius 1 is 1.29 bits per heavy atom. The summed E-state index contributed by atoms with van der Waals surface area (Å²) in [6, 6.07) is 7.55. The van der Waals surface area contributed by atoms with Gasteiger partial charge in [-0.3, -0.25) is 9.36 Å². The van der Waals surface area contributed by atoms with Gasteiger partial charge >= 0.3 is 0 Å². The molecule has 0 fully saturated rings. The smallest absolute Gasteiger partial charge is 0.262 e. The molecule has 0 saturated carbocycles. The van der Waals surface area contributed by atoms with Crippen LogP contribution in [0.2, 0.25) is 5.02 Å². The van der Waals surface area contributed by atoms with E-state index in [1.54, 1.807) is 10.9 Å². The number of aromatic nitrogens is 2. The lowest BCUT2D eigenvalue weighted by Crippen LogP contribution is -2.20. The third-order valence-corrected chi connectivity index (χ3v) is 4.61. The first-order valence-corrected chi connectivity index (χ1v) is 8.19. The van der Waals surface area contributed by atoms with E-state index in [4.69, 9.17) is 11.6 Å². The Morgan fingerprint density at radius 2 is 2.05 bits per heavy atom. The Bertz CT molecular complexity index is 820. The molecule has 108 valence electrons. The van der Waals surface area contributed by atoms with Gasteiger partial charge in [-0.25, -0.2) is 4.98 Å². The van der Waals surface area contributed by atoms with E-state index in [9.17, 15) is 4.79 Å². The van der Waals surface area contributed by atoms with Gasteiger partial charge in [0.1, 0.15) is 4.83 Å². The maximum atomic E-state index is 12.7. The molecule has 3 rings (SSSR count). The lowest BCUT2D eigenvalue weighted by molar-refractivity contribution is 0.609. The van der Waals surface area contributed by atoms with E-state index in [-0.39, 0.29) is 5.56 Å². The number of unbranched alkanes of at least 4 members (excludes halogenated alkanes) is 1. The highest BCUT2D eigenvalue weighted by molar-refractivity contribution is 7.17. The zero-order valence-electron chi connectivity index (χ0n) is 11.7. The predicted octanol–water partition coefficient (Wildman–Crippen LogP) is 4.58. The minimum absolute atomic E-state index is 0.0413. The van der Waals surface area contributed by atoms with Crippen LogP contribution in [0.4, 0.5) is 0 Å². The third-order valence-electron chi connectivity index (χ3n) is 3.47. The molecule has 3 aromatic rings. The van der Waals surface area contributed by atoms with Crippen LogP contribution >= 0.6 is 22.9 Å². The molecule has 21 heavy (non-hydrogen) atoms. The molecule has 0 N–H and O–H groups in total. The van der Waals surface area contributed by atoms with Crippen molar-refractivity contribution in [3.8, 4) is 11.1 Å². The first-order chi connectivity index (χ1) is 10.2. The van der Waals surface area contributed by atoms with Crippen molar-refractivity contribution in [3.05, 3.63) is 51.3 Å². The largest absolute Gasteiger partial charge is 0.299 e. The number of nitrogens with zero attached hydrogens (tertiary/aromatic N) is 2. The molecule has 0 saturated heterocycles. The number of hydrogen-bond donors (Lipinski definition) is 0. The van der Waals surface area contributed by atoms with Crippen LogP contribution in [-0.4, -0.2) is 9.55 Å². The highest BCUT2D eigenvalue weighted by atomic mass is 35.5. The number of fused-ring (bicyclic) bond motifs is 1. The molecular formula is C16H15ClN2OS. The van der Waals surface area contributed by atoms with E-state index in [2.05, 4.69) is 11.9 Å². The van der Waals surface area contributed by atoms with Crippen LogP contribution in [0.15, 0.2) is 40.8 Å². The lowest BCUT2D eigenvalue weighted by atomic mass is 10.1. The van der Waals surface area contributed by atoms with Crippen molar-refractivity contribution in [2.45, 2.75) is 26.3 Å². The van der Waals surface area contributed by atoms with Crippen LogP contribution in [0.25, 0.3) is 21.3 Å². The molecule has 0 bridgehead atoms. The summed E-state index contributed by atoms with van der Waals surface area (Å²) in [4.78, 5) is 17.9. The molecule has 0 atom stereocenters. The molecule has 0 amide bonds. The number of rotatable bonds is 4. The molecule has 0 unspecified atom stereocenters. The summed E-state index contributed by atoms with van der Waals surface area (Å²) >= 11 is 7.43. The van der Waals surface area contributed by atoms with Gasteiger partial charge in [0, 0.05) is 22.5 Å². The third kappa shape index (κ3) is 2.74. The van der Waals surface area contributed by atoms with Gasteiger partial charge in [-0.05, 0) is 24.1 Å². The molecule has 2 aromatic heterocycles. The van der Waals surface area contributed by atoms with Crippen molar-refractivity contribution in [1.82, 2.24) is 9.55 Å². The van der Waals surface area contributed by atoms with E-state index in [1.165, 1.54) is 11.3 Å². The van der Waals surface area contributed by atoms with Crippen LogP contribution < -0.4 is 5.56 Å². The molecule has 0 aliphatic heterocycles. The summed E-state index contributed by atoms with van der Waals surface area (Å²) in [5.41, 5.74) is 1.98. The molecule has 1 aromatic carbocycles. The maximum absolute atomic E-state index is 12.7. The Labute approximate surface area is 131 Å². The molecule has 0 aliphatic rings. The summed E-state index contributed by atoms with van der Waals surface area (Å²) in [6.07, 6.45) is 3.69. The van der Waals surface area contributed by atoms with E-state index in [0.29, 0.717) is 17.0 Å². The van der Waals surface area contributed by atoms with Gasteiger partial charge in [0.2, 0.25) is 0 Å². The Morgan fingerprint density at radius 3 is 2.76 bits per heavy atom. The number of benzene rings is 1. The van der Waals surface area contributed by atoms with E-state index in [0.717, 1.165) is 28.8 Å². The summed E-state index contributed by atoms with van der Waals surface area (Å²) < 4.78 is 1.71. The standard InChI is InChI=1S/C16H15ClN2OS/c1-2-3-8-19-10-18-15-14(16(19)20)13(9-21-15)11-4-6-12(17)7-5-11/h4-7,9-10H,2-3,8H2,1H3. The topological polar surface area (TPSA) is 34.9 Å². The average molecular weight is 319 g/mol. The van der Waals surface area contributed by atoms with Gasteiger partial charge < -0.3 is 0 Å². The molecular weight excluding hydrogens is 304 g/mol. The van der Waals surface area contributed by atoms with Crippen LogP contribution in [0.5, 0.6) is 0 Å². The predicted molar refractivity (Wildman–Crippen MR) is 89.2 cm³/mol. The van der Waals surface area contributed by atoms with Crippen molar-refractivity contribution in [3.63, 3.8) is 0 Å². The zero-order chi connectivity index (χ0) is 14.8. The molecule has 0 spiro atoms. The van der Waals surface area contributed by atoms with Gasteiger partial charge in [-0.2, -0.15) is 0 Å². The summed E-state index contributed by atoms with van der Waals surface area (Å²) in [5, 5.41) is 3.39. The van der Waals surface area contributed by atoms with Crippen molar-refractivity contribution in [2.24, 2.45) is 0 Å². The average Bonchev–Trinajstić information content (AvgIpc) is 2.92. The van der Waals surface area contributed by atoms with Gasteiger partial charge in [-0.1, -0.05) is 37.1 Å². The van der Waals surface area contributed by atoms with Crippen LogP contribution in [0.3, 0.4) is 0 Å². The van der Waals surface area contributed by atoms with Crippen LogP contribution in [-0.2, 0) is 6.54 Å². The Balaban J connectivity index is 2.15. The molecule has 3 nitrogen and oxygen atoms in total. The minimum atomic E-state index is 0.0413. The van der Waals surface area contributed by atoms with Gasteiger partial charge in [0.15, 0.2) is 0 Å². The summed E-state index contributed by atoms with van der Waals surface area (Å²) in [6.45, 7) is 2.83. The summed E-state index contributed by atoms with van der Waals surface area (Å²) in [5.74, 6) is 0. The van der Waals surface area contributed by atoms with Crippen LogP contribution in [0, 0.1) is 0 Å². The highest BCUT2D eigenvalue weighted by Crippen LogP contribution is 2.31. The second-order valence-electron chi connectivity index (χ2n) is 4.93. The number of thiophene rings is 1. The zero-order valence-corrected chi connectivity index (χ0v) is 13.2.